The number of benzene rings is 2. The van der Waals surface area contributed by atoms with Crippen LogP contribution in [0.15, 0.2) is 60.7 Å². The van der Waals surface area contributed by atoms with Gasteiger partial charge in [-0.2, -0.15) is 13.2 Å². The summed E-state index contributed by atoms with van der Waals surface area (Å²) in [6.45, 7) is 1.46. The summed E-state index contributed by atoms with van der Waals surface area (Å²) in [5, 5.41) is 0. The number of nitrogens with zero attached hydrogens (tertiary/aromatic N) is 3. The van der Waals surface area contributed by atoms with E-state index in [-0.39, 0.29) is 5.69 Å². The van der Waals surface area contributed by atoms with Crippen LogP contribution >= 0.6 is 0 Å². The third-order valence-corrected chi connectivity index (χ3v) is 5.74. The second-order valence-electron chi connectivity index (χ2n) is 8.00. The first-order valence-electron chi connectivity index (χ1n) is 10.4. The van der Waals surface area contributed by atoms with Crippen LogP contribution in [0.2, 0.25) is 0 Å². The highest BCUT2D eigenvalue weighted by atomic mass is 19.4. The molecule has 0 spiro atoms. The second-order valence-corrected chi connectivity index (χ2v) is 8.00. The topological polar surface area (TPSA) is 72.1 Å². The Morgan fingerprint density at radius 3 is 2.25 bits per heavy atom. The maximum Gasteiger partial charge on any atom is 0.416 e. The number of piperidine rings is 1. The van der Waals surface area contributed by atoms with Crippen LogP contribution in [-0.4, -0.2) is 29.0 Å². The molecule has 1 aliphatic rings. The maximum absolute atomic E-state index is 12.9. The number of nitrogens with two attached hydrogens (primary N) is 1. The largest absolute Gasteiger partial charge is 0.416 e. The van der Waals surface area contributed by atoms with Gasteiger partial charge in [0, 0.05) is 18.7 Å². The van der Waals surface area contributed by atoms with Gasteiger partial charge in [-0.3, -0.25) is 4.79 Å². The van der Waals surface area contributed by atoms with Gasteiger partial charge in [-0.15, -0.1) is 0 Å². The molecule has 8 heteroatoms. The fraction of sp³-hybridized carbons (Fsp3) is 0.292. The van der Waals surface area contributed by atoms with E-state index in [1.54, 1.807) is 0 Å². The number of hydrogen-bond acceptors (Lipinski definition) is 4. The fourth-order valence-electron chi connectivity index (χ4n) is 3.96. The Morgan fingerprint density at radius 1 is 1.00 bits per heavy atom. The molecule has 0 unspecified atom stereocenters. The summed E-state index contributed by atoms with van der Waals surface area (Å²) in [4.78, 5) is 22.7. The molecule has 5 nitrogen and oxygen atoms in total. The average molecular weight is 440 g/mol. The lowest BCUT2D eigenvalue weighted by Crippen LogP contribution is -2.36. The van der Waals surface area contributed by atoms with Gasteiger partial charge in [-0.05, 0) is 48.9 Å². The van der Waals surface area contributed by atoms with Gasteiger partial charge in [0.05, 0.1) is 11.3 Å². The fourth-order valence-corrected chi connectivity index (χ4v) is 3.96. The predicted octanol–water partition coefficient (Wildman–Crippen LogP) is 4.72. The van der Waals surface area contributed by atoms with Crippen LogP contribution in [0.1, 0.15) is 34.5 Å². The van der Waals surface area contributed by atoms with Gasteiger partial charge in [0.1, 0.15) is 5.69 Å². The van der Waals surface area contributed by atoms with Gasteiger partial charge in [-0.25, -0.2) is 9.97 Å². The smallest absolute Gasteiger partial charge is 0.364 e. The van der Waals surface area contributed by atoms with Crippen LogP contribution in [0.3, 0.4) is 0 Å². The summed E-state index contributed by atoms with van der Waals surface area (Å²) in [7, 11) is 0. The van der Waals surface area contributed by atoms with Gasteiger partial charge >= 0.3 is 6.18 Å². The zero-order chi connectivity index (χ0) is 22.7. The van der Waals surface area contributed by atoms with E-state index in [9.17, 15) is 18.0 Å². The van der Waals surface area contributed by atoms with Crippen LogP contribution in [0, 0.1) is 5.92 Å². The molecule has 3 aromatic rings. The van der Waals surface area contributed by atoms with E-state index < -0.39 is 17.6 Å². The van der Waals surface area contributed by atoms with E-state index in [1.807, 2.05) is 23.1 Å². The molecule has 2 aromatic carbocycles. The van der Waals surface area contributed by atoms with Crippen molar-refractivity contribution in [1.82, 2.24) is 9.97 Å². The summed E-state index contributed by atoms with van der Waals surface area (Å²) in [5.74, 6) is 0.206. The Hall–Kier alpha value is -3.42. The molecule has 32 heavy (non-hydrogen) atoms. The number of aromatic nitrogens is 2. The molecule has 1 aliphatic heterocycles. The number of halogens is 3. The minimum Gasteiger partial charge on any atom is -0.364 e. The van der Waals surface area contributed by atoms with Crippen LogP contribution in [-0.2, 0) is 12.6 Å². The zero-order valence-electron chi connectivity index (χ0n) is 17.3. The Morgan fingerprint density at radius 2 is 1.66 bits per heavy atom. The summed E-state index contributed by atoms with van der Waals surface area (Å²) in [5.41, 5.74) is 6.88. The van der Waals surface area contributed by atoms with Crippen LogP contribution in [0.4, 0.5) is 19.1 Å². The van der Waals surface area contributed by atoms with Crippen LogP contribution in [0.5, 0.6) is 0 Å². The molecule has 0 aliphatic carbocycles. The minimum atomic E-state index is -4.42. The quantitative estimate of drug-likeness (QED) is 0.623. The van der Waals surface area contributed by atoms with Gasteiger partial charge in [0.15, 0.2) is 0 Å². The standard InChI is InChI=1S/C24H23F3N4O/c25-24(26,27)19-8-6-18(7-9-19)20-15-21(22(28)32)30-23(29-20)31-12-10-17(11-13-31)14-16-4-2-1-3-5-16/h1-9,15,17H,10-14H2,(H2,28,32). The molecule has 0 saturated carbocycles. The normalized spacial score (nSPS) is 15.0. The van der Waals surface area contributed by atoms with Crippen molar-refractivity contribution >= 4 is 11.9 Å². The molecule has 1 amide bonds. The highest BCUT2D eigenvalue weighted by Gasteiger charge is 2.30. The molecule has 166 valence electrons. The average Bonchev–Trinajstić information content (AvgIpc) is 2.79. The van der Waals surface area contributed by atoms with E-state index in [2.05, 4.69) is 22.1 Å². The molecule has 0 atom stereocenters. The van der Waals surface area contributed by atoms with Crippen molar-refractivity contribution in [2.45, 2.75) is 25.4 Å². The van der Waals surface area contributed by atoms with Crippen LogP contribution < -0.4 is 10.6 Å². The lowest BCUT2D eigenvalue weighted by molar-refractivity contribution is -0.137. The number of alkyl halides is 3. The number of amides is 1. The van der Waals surface area contributed by atoms with Crippen molar-refractivity contribution in [2.75, 3.05) is 18.0 Å². The molecule has 2 heterocycles. The molecule has 0 bridgehead atoms. The third-order valence-electron chi connectivity index (χ3n) is 5.74. The number of rotatable bonds is 5. The Balaban J connectivity index is 1.53. The Kier molecular flexibility index (Phi) is 6.12. The molecular formula is C24H23F3N4O. The van der Waals surface area contributed by atoms with E-state index >= 15 is 0 Å². The molecule has 1 fully saturated rings. The van der Waals surface area contributed by atoms with E-state index in [1.165, 1.54) is 23.8 Å². The first kappa shape index (κ1) is 21.8. The van der Waals surface area contributed by atoms with E-state index in [0.717, 1.165) is 44.5 Å². The minimum absolute atomic E-state index is 0.0382. The number of hydrogen-bond donors (Lipinski definition) is 1. The van der Waals surface area contributed by atoms with Gasteiger partial charge in [-0.1, -0.05) is 42.5 Å². The van der Waals surface area contributed by atoms with Crippen molar-refractivity contribution in [3.63, 3.8) is 0 Å². The van der Waals surface area contributed by atoms with E-state index in [4.69, 9.17) is 5.73 Å². The molecular weight excluding hydrogens is 417 g/mol. The maximum atomic E-state index is 12.9. The predicted molar refractivity (Wildman–Crippen MR) is 116 cm³/mol. The van der Waals surface area contributed by atoms with Crippen molar-refractivity contribution in [3.05, 3.63) is 77.5 Å². The summed E-state index contributed by atoms with van der Waals surface area (Å²) in [6.07, 6.45) is -1.51. The highest BCUT2D eigenvalue weighted by Crippen LogP contribution is 2.31. The van der Waals surface area contributed by atoms with Crippen molar-refractivity contribution < 1.29 is 18.0 Å². The summed E-state index contributed by atoms with van der Waals surface area (Å²) < 4.78 is 38.6. The second kappa shape index (κ2) is 8.98. The SMILES string of the molecule is NC(=O)c1cc(-c2ccc(C(F)(F)F)cc2)nc(N2CCC(Cc3ccccc3)CC2)n1. The van der Waals surface area contributed by atoms with Crippen molar-refractivity contribution in [2.24, 2.45) is 11.7 Å². The highest BCUT2D eigenvalue weighted by molar-refractivity contribution is 5.92. The molecule has 1 saturated heterocycles. The molecule has 4 rings (SSSR count). The third kappa shape index (κ3) is 5.07. The van der Waals surface area contributed by atoms with Crippen molar-refractivity contribution in [1.29, 1.82) is 0 Å². The van der Waals surface area contributed by atoms with Crippen LogP contribution in [0.25, 0.3) is 11.3 Å². The monoisotopic (exact) mass is 440 g/mol. The first-order chi connectivity index (χ1) is 15.3. The summed E-state index contributed by atoms with van der Waals surface area (Å²) >= 11 is 0. The number of anilines is 1. The van der Waals surface area contributed by atoms with Gasteiger partial charge in [0.25, 0.3) is 5.91 Å². The Labute approximate surface area is 184 Å². The number of primary amides is 1. The zero-order valence-corrected chi connectivity index (χ0v) is 17.3. The van der Waals surface area contributed by atoms with E-state index in [0.29, 0.717) is 23.1 Å². The van der Waals surface area contributed by atoms with Crippen molar-refractivity contribution in [3.8, 4) is 11.3 Å². The number of carbonyl (C=O) groups is 1. The molecule has 2 N–H and O–H groups in total. The summed E-state index contributed by atoms with van der Waals surface area (Å²) in [6, 6.07) is 16.4. The molecule has 0 radical (unpaired) electrons. The van der Waals surface area contributed by atoms with Gasteiger partial charge in [0.2, 0.25) is 5.95 Å². The molecule has 1 aromatic heterocycles. The lowest BCUT2D eigenvalue weighted by Gasteiger charge is -2.32. The van der Waals surface area contributed by atoms with Gasteiger partial charge < -0.3 is 10.6 Å². The lowest BCUT2D eigenvalue weighted by atomic mass is 9.90. The number of carbonyl (C=O) groups excluding carboxylic acids is 1. The Bertz CT molecular complexity index is 1080. The first-order valence-corrected chi connectivity index (χ1v) is 10.4.